The number of ether oxygens (including phenoxy) is 1. The maximum absolute atomic E-state index is 6.03. The number of aromatic nitrogens is 1. The highest BCUT2D eigenvalue weighted by molar-refractivity contribution is 7.11. The number of rotatable bonds is 8. The van der Waals surface area contributed by atoms with Gasteiger partial charge in [-0.25, -0.2) is 4.98 Å². The van der Waals surface area contributed by atoms with Crippen LogP contribution in [-0.4, -0.2) is 18.6 Å². The molecule has 1 rings (SSSR count). The monoisotopic (exact) mass is 270 g/mol. The number of hydrogen-bond acceptors (Lipinski definition) is 4. The van der Waals surface area contributed by atoms with Crippen molar-refractivity contribution in [2.45, 2.75) is 59.1 Å². The first kappa shape index (κ1) is 15.6. The van der Waals surface area contributed by atoms with Gasteiger partial charge in [-0.3, -0.25) is 0 Å². The first-order valence-corrected chi connectivity index (χ1v) is 7.76. The van der Waals surface area contributed by atoms with Crippen LogP contribution >= 0.6 is 11.3 Å². The maximum atomic E-state index is 6.03. The molecule has 0 saturated carbocycles. The molecular weight excluding hydrogens is 244 g/mol. The molecule has 3 nitrogen and oxygen atoms in total. The highest BCUT2D eigenvalue weighted by atomic mass is 32.1. The van der Waals surface area contributed by atoms with E-state index in [2.05, 4.69) is 33.0 Å². The lowest BCUT2D eigenvalue weighted by atomic mass is 9.98. The van der Waals surface area contributed by atoms with Crippen molar-refractivity contribution in [3.63, 3.8) is 0 Å². The Morgan fingerprint density at radius 3 is 2.33 bits per heavy atom. The van der Waals surface area contributed by atoms with E-state index in [0.717, 1.165) is 37.4 Å². The van der Waals surface area contributed by atoms with Crippen LogP contribution in [0.5, 0.6) is 0 Å². The van der Waals surface area contributed by atoms with Crippen molar-refractivity contribution in [1.82, 2.24) is 10.3 Å². The summed E-state index contributed by atoms with van der Waals surface area (Å²) in [5.41, 5.74) is 1.03. The van der Waals surface area contributed by atoms with Crippen molar-refractivity contribution in [3.05, 3.63) is 15.6 Å². The molecule has 1 aromatic rings. The molecule has 0 aromatic carbocycles. The number of thiazole rings is 1. The first-order valence-electron chi connectivity index (χ1n) is 6.94. The minimum atomic E-state index is -0.185. The normalized spacial score (nSPS) is 12.1. The van der Waals surface area contributed by atoms with E-state index < -0.39 is 0 Å². The Bertz CT molecular complexity index is 359. The van der Waals surface area contributed by atoms with Crippen molar-refractivity contribution >= 4 is 11.3 Å². The molecule has 0 bridgehead atoms. The molecular formula is C14H26N2OS. The Kier molecular flexibility index (Phi) is 6.26. The molecule has 0 spiro atoms. The lowest BCUT2D eigenvalue weighted by Crippen LogP contribution is -2.28. The SMILES string of the molecule is CCOC(CC)(CC)c1nc(CC)c(CNC)s1. The predicted octanol–water partition coefficient (Wildman–Crippen LogP) is 3.48. The van der Waals surface area contributed by atoms with E-state index in [1.165, 1.54) is 10.6 Å². The Morgan fingerprint density at radius 1 is 1.22 bits per heavy atom. The van der Waals surface area contributed by atoms with Crippen molar-refractivity contribution < 1.29 is 4.74 Å². The van der Waals surface area contributed by atoms with Gasteiger partial charge in [-0.05, 0) is 33.2 Å². The number of nitrogens with one attached hydrogen (secondary N) is 1. The summed E-state index contributed by atoms with van der Waals surface area (Å²) >= 11 is 1.81. The number of nitrogens with zero attached hydrogens (tertiary/aromatic N) is 1. The quantitative estimate of drug-likeness (QED) is 0.785. The van der Waals surface area contributed by atoms with Crippen LogP contribution in [0.2, 0.25) is 0 Å². The predicted molar refractivity (Wildman–Crippen MR) is 78.1 cm³/mol. The smallest absolute Gasteiger partial charge is 0.125 e. The molecule has 0 fully saturated rings. The van der Waals surface area contributed by atoms with E-state index in [9.17, 15) is 0 Å². The summed E-state index contributed by atoms with van der Waals surface area (Å²) in [6, 6.07) is 0. The molecule has 0 aliphatic rings. The molecule has 1 heterocycles. The van der Waals surface area contributed by atoms with Crippen LogP contribution < -0.4 is 5.32 Å². The summed E-state index contributed by atoms with van der Waals surface area (Å²) < 4.78 is 6.03. The van der Waals surface area contributed by atoms with Crippen LogP contribution in [0.15, 0.2) is 0 Å². The van der Waals surface area contributed by atoms with Gasteiger partial charge in [0.2, 0.25) is 0 Å². The molecule has 104 valence electrons. The molecule has 0 aliphatic carbocycles. The third-order valence-corrected chi connectivity index (χ3v) is 4.69. The Hall–Kier alpha value is -0.450. The third-order valence-electron chi connectivity index (χ3n) is 3.40. The van der Waals surface area contributed by atoms with E-state index in [1.807, 2.05) is 7.05 Å². The lowest BCUT2D eigenvalue weighted by molar-refractivity contribution is -0.0507. The lowest BCUT2D eigenvalue weighted by Gasteiger charge is -2.29. The van der Waals surface area contributed by atoms with Crippen molar-refractivity contribution in [1.29, 1.82) is 0 Å². The molecule has 1 N–H and O–H groups in total. The minimum Gasteiger partial charge on any atom is -0.368 e. The van der Waals surface area contributed by atoms with Crippen LogP contribution in [0.3, 0.4) is 0 Å². The fraction of sp³-hybridized carbons (Fsp3) is 0.786. The van der Waals surface area contributed by atoms with Gasteiger partial charge in [0.25, 0.3) is 0 Å². The van der Waals surface area contributed by atoms with Crippen LogP contribution in [0.25, 0.3) is 0 Å². The largest absolute Gasteiger partial charge is 0.368 e. The molecule has 0 saturated heterocycles. The average molecular weight is 270 g/mol. The Balaban J connectivity index is 3.12. The second kappa shape index (κ2) is 7.22. The van der Waals surface area contributed by atoms with Gasteiger partial charge in [-0.1, -0.05) is 20.8 Å². The van der Waals surface area contributed by atoms with Gasteiger partial charge in [0.1, 0.15) is 10.6 Å². The van der Waals surface area contributed by atoms with Gasteiger partial charge in [0.05, 0.1) is 5.69 Å². The number of hydrogen-bond donors (Lipinski definition) is 1. The standard InChI is InChI=1S/C14H26N2OS/c1-6-11-12(10-15-5)18-13(16-11)14(7-2,8-3)17-9-4/h15H,6-10H2,1-5H3. The van der Waals surface area contributed by atoms with Gasteiger partial charge >= 0.3 is 0 Å². The van der Waals surface area contributed by atoms with Gasteiger partial charge in [0, 0.05) is 18.0 Å². The van der Waals surface area contributed by atoms with Gasteiger partial charge in [-0.15, -0.1) is 11.3 Å². The van der Waals surface area contributed by atoms with Crippen LogP contribution in [-0.2, 0) is 23.3 Å². The highest BCUT2D eigenvalue weighted by Gasteiger charge is 2.33. The summed E-state index contributed by atoms with van der Waals surface area (Å²) in [7, 11) is 1.98. The molecule has 0 amide bonds. The fourth-order valence-corrected chi connectivity index (χ4v) is 3.69. The molecule has 0 radical (unpaired) electrons. The third kappa shape index (κ3) is 3.11. The summed E-state index contributed by atoms with van der Waals surface area (Å²) in [6.07, 6.45) is 2.95. The minimum absolute atomic E-state index is 0.185. The first-order chi connectivity index (χ1) is 8.67. The zero-order valence-corrected chi connectivity index (χ0v) is 13.1. The van der Waals surface area contributed by atoms with Gasteiger partial charge in [-0.2, -0.15) is 0 Å². The summed E-state index contributed by atoms with van der Waals surface area (Å²) in [5, 5.41) is 4.37. The van der Waals surface area contributed by atoms with Crippen molar-refractivity contribution in [2.75, 3.05) is 13.7 Å². The van der Waals surface area contributed by atoms with Crippen LogP contribution in [0.4, 0.5) is 0 Å². The number of aryl methyl sites for hydroxylation is 1. The molecule has 0 unspecified atom stereocenters. The summed E-state index contributed by atoms with van der Waals surface area (Å²) in [4.78, 5) is 6.18. The van der Waals surface area contributed by atoms with Gasteiger partial charge in [0.15, 0.2) is 0 Å². The van der Waals surface area contributed by atoms with Crippen molar-refractivity contribution in [2.24, 2.45) is 0 Å². The summed E-state index contributed by atoms with van der Waals surface area (Å²) in [5.74, 6) is 0. The maximum Gasteiger partial charge on any atom is 0.125 e. The molecule has 1 aromatic heterocycles. The molecule has 0 atom stereocenters. The Morgan fingerprint density at radius 2 is 1.89 bits per heavy atom. The molecule has 4 heteroatoms. The van der Waals surface area contributed by atoms with E-state index in [1.54, 1.807) is 11.3 Å². The van der Waals surface area contributed by atoms with Crippen LogP contribution in [0.1, 0.15) is 56.1 Å². The summed E-state index contributed by atoms with van der Waals surface area (Å²) in [6.45, 7) is 10.2. The zero-order chi connectivity index (χ0) is 13.6. The second-order valence-electron chi connectivity index (χ2n) is 4.41. The van der Waals surface area contributed by atoms with Crippen molar-refractivity contribution in [3.8, 4) is 0 Å². The molecule has 0 aliphatic heterocycles. The molecule has 18 heavy (non-hydrogen) atoms. The topological polar surface area (TPSA) is 34.1 Å². The average Bonchev–Trinajstić information content (AvgIpc) is 2.80. The van der Waals surface area contributed by atoms with Crippen LogP contribution in [0, 0.1) is 0 Å². The second-order valence-corrected chi connectivity index (χ2v) is 5.49. The zero-order valence-electron chi connectivity index (χ0n) is 12.3. The van der Waals surface area contributed by atoms with E-state index in [0.29, 0.717) is 0 Å². The Labute approximate surface area is 115 Å². The van der Waals surface area contributed by atoms with E-state index in [4.69, 9.17) is 9.72 Å². The fourth-order valence-electron chi connectivity index (χ4n) is 2.25. The highest BCUT2D eigenvalue weighted by Crippen LogP contribution is 2.37. The van der Waals surface area contributed by atoms with Gasteiger partial charge < -0.3 is 10.1 Å². The van der Waals surface area contributed by atoms with E-state index >= 15 is 0 Å². The van der Waals surface area contributed by atoms with E-state index in [-0.39, 0.29) is 5.60 Å².